The second-order valence-corrected chi connectivity index (χ2v) is 4.48. The average molecular weight is 261 g/mol. The summed E-state index contributed by atoms with van der Waals surface area (Å²) >= 11 is 0. The Morgan fingerprint density at radius 2 is 2.26 bits per heavy atom. The third kappa shape index (κ3) is 3.31. The molecule has 1 heterocycles. The molecule has 0 radical (unpaired) electrons. The maximum atomic E-state index is 12.0. The van der Waals surface area contributed by atoms with Gasteiger partial charge in [-0.15, -0.1) is 0 Å². The van der Waals surface area contributed by atoms with E-state index in [2.05, 4.69) is 15.5 Å². The van der Waals surface area contributed by atoms with Crippen LogP contribution in [0.2, 0.25) is 0 Å². The topological polar surface area (TPSA) is 95.1 Å². The predicted octanol–water partition coefficient (Wildman–Crippen LogP) is 1.55. The van der Waals surface area contributed by atoms with Crippen LogP contribution in [-0.2, 0) is 4.79 Å². The maximum absolute atomic E-state index is 12.0. The van der Waals surface area contributed by atoms with Gasteiger partial charge in [0.15, 0.2) is 0 Å². The zero-order valence-electron chi connectivity index (χ0n) is 10.5. The van der Waals surface area contributed by atoms with Gasteiger partial charge < -0.3 is 10.4 Å². The highest BCUT2D eigenvalue weighted by molar-refractivity contribution is 5.97. The highest BCUT2D eigenvalue weighted by atomic mass is 16.4. The number of aromatic amines is 1. The molecule has 0 saturated carbocycles. The molecule has 0 spiro atoms. The number of benzene rings is 1. The van der Waals surface area contributed by atoms with Gasteiger partial charge in [0.05, 0.1) is 11.7 Å². The van der Waals surface area contributed by atoms with E-state index >= 15 is 0 Å². The van der Waals surface area contributed by atoms with Crippen molar-refractivity contribution in [1.82, 2.24) is 15.5 Å². The maximum Gasteiger partial charge on any atom is 0.303 e. The zero-order chi connectivity index (χ0) is 13.8. The molecule has 0 saturated heterocycles. The summed E-state index contributed by atoms with van der Waals surface area (Å²) in [5.41, 5.74) is 1.41. The lowest BCUT2D eigenvalue weighted by atomic mass is 10.1. The summed E-state index contributed by atoms with van der Waals surface area (Å²) in [5, 5.41) is 18.9. The molecule has 1 atom stereocenters. The van der Waals surface area contributed by atoms with E-state index in [0.29, 0.717) is 12.0 Å². The van der Waals surface area contributed by atoms with Gasteiger partial charge in [-0.2, -0.15) is 5.10 Å². The fraction of sp³-hybridized carbons (Fsp3) is 0.308. The van der Waals surface area contributed by atoms with E-state index in [9.17, 15) is 9.59 Å². The molecule has 100 valence electrons. The quantitative estimate of drug-likeness (QED) is 0.760. The Kier molecular flexibility index (Phi) is 3.79. The van der Waals surface area contributed by atoms with Crippen molar-refractivity contribution in [3.63, 3.8) is 0 Å². The number of H-pyrrole nitrogens is 1. The van der Waals surface area contributed by atoms with Crippen LogP contribution in [-0.4, -0.2) is 33.2 Å². The first-order chi connectivity index (χ1) is 9.06. The number of rotatable bonds is 5. The molecule has 1 aromatic heterocycles. The van der Waals surface area contributed by atoms with Crippen molar-refractivity contribution < 1.29 is 14.7 Å². The smallest absolute Gasteiger partial charge is 0.303 e. The minimum atomic E-state index is -0.860. The predicted molar refractivity (Wildman–Crippen MR) is 69.9 cm³/mol. The second-order valence-electron chi connectivity index (χ2n) is 4.48. The standard InChI is InChI=1S/C13H15N3O3/c1-8(2-5-12(17)18)15-13(19)9-3-4-11-10(6-9)7-14-16-11/h3-4,6-8H,2,5H2,1H3,(H,14,16)(H,15,19)(H,17,18). The molecule has 6 nitrogen and oxygen atoms in total. The number of nitrogens with zero attached hydrogens (tertiary/aromatic N) is 1. The zero-order valence-corrected chi connectivity index (χ0v) is 10.5. The van der Waals surface area contributed by atoms with Gasteiger partial charge in [0.1, 0.15) is 0 Å². The van der Waals surface area contributed by atoms with E-state index in [1.807, 2.05) is 0 Å². The van der Waals surface area contributed by atoms with Crippen LogP contribution in [0, 0.1) is 0 Å². The van der Waals surface area contributed by atoms with Crippen LogP contribution in [0.25, 0.3) is 10.9 Å². The van der Waals surface area contributed by atoms with E-state index in [0.717, 1.165) is 10.9 Å². The van der Waals surface area contributed by atoms with E-state index in [-0.39, 0.29) is 18.4 Å². The lowest BCUT2D eigenvalue weighted by Crippen LogP contribution is -2.32. The Morgan fingerprint density at radius 3 is 3.00 bits per heavy atom. The Hall–Kier alpha value is -2.37. The number of carboxylic acids is 1. The minimum absolute atomic E-state index is 0.0439. The molecule has 1 amide bonds. The first kappa shape index (κ1) is 13.1. The number of aromatic nitrogens is 2. The number of fused-ring (bicyclic) bond motifs is 1. The summed E-state index contributed by atoms with van der Waals surface area (Å²) in [6.45, 7) is 1.79. The van der Waals surface area contributed by atoms with Crippen LogP contribution in [0.15, 0.2) is 24.4 Å². The first-order valence-electron chi connectivity index (χ1n) is 6.02. The van der Waals surface area contributed by atoms with Gasteiger partial charge in [0.25, 0.3) is 5.91 Å². The highest BCUT2D eigenvalue weighted by Gasteiger charge is 2.11. The van der Waals surface area contributed by atoms with Crippen LogP contribution in [0.3, 0.4) is 0 Å². The number of aliphatic carboxylic acids is 1. The fourth-order valence-corrected chi connectivity index (χ4v) is 1.80. The monoisotopic (exact) mass is 261 g/mol. The molecule has 1 aromatic carbocycles. The van der Waals surface area contributed by atoms with Crippen molar-refractivity contribution in [3.8, 4) is 0 Å². The van der Waals surface area contributed by atoms with Crippen LogP contribution < -0.4 is 5.32 Å². The Bertz CT molecular complexity index is 606. The molecule has 19 heavy (non-hydrogen) atoms. The van der Waals surface area contributed by atoms with Crippen molar-refractivity contribution >= 4 is 22.8 Å². The summed E-state index contributed by atoms with van der Waals surface area (Å²) in [7, 11) is 0. The molecule has 2 aromatic rings. The number of nitrogens with one attached hydrogen (secondary N) is 2. The fourth-order valence-electron chi connectivity index (χ4n) is 1.80. The lowest BCUT2D eigenvalue weighted by molar-refractivity contribution is -0.137. The third-order valence-corrected chi connectivity index (χ3v) is 2.87. The van der Waals surface area contributed by atoms with Crippen LogP contribution in [0.5, 0.6) is 0 Å². The van der Waals surface area contributed by atoms with Crippen molar-refractivity contribution in [2.45, 2.75) is 25.8 Å². The summed E-state index contributed by atoms with van der Waals surface area (Å²) < 4.78 is 0. The minimum Gasteiger partial charge on any atom is -0.481 e. The molecule has 0 aliphatic heterocycles. The molecule has 3 N–H and O–H groups in total. The van der Waals surface area contributed by atoms with Gasteiger partial charge in [-0.3, -0.25) is 14.7 Å². The third-order valence-electron chi connectivity index (χ3n) is 2.87. The molecular weight excluding hydrogens is 246 g/mol. The number of carbonyl (C=O) groups excluding carboxylic acids is 1. The molecule has 0 aliphatic rings. The summed E-state index contributed by atoms with van der Waals surface area (Å²) in [6.07, 6.45) is 2.11. The average Bonchev–Trinajstić information content (AvgIpc) is 2.83. The normalized spacial score (nSPS) is 12.3. The van der Waals surface area contributed by atoms with E-state index in [1.165, 1.54) is 0 Å². The Morgan fingerprint density at radius 1 is 1.47 bits per heavy atom. The van der Waals surface area contributed by atoms with Crippen molar-refractivity contribution in [2.24, 2.45) is 0 Å². The highest BCUT2D eigenvalue weighted by Crippen LogP contribution is 2.13. The number of hydrogen-bond acceptors (Lipinski definition) is 3. The number of carbonyl (C=O) groups is 2. The Labute approximate surface area is 109 Å². The number of carboxylic acid groups (broad SMARTS) is 1. The molecule has 1 unspecified atom stereocenters. The van der Waals surface area contributed by atoms with Crippen molar-refractivity contribution in [3.05, 3.63) is 30.0 Å². The Balaban J connectivity index is 2.00. The van der Waals surface area contributed by atoms with E-state index < -0.39 is 5.97 Å². The van der Waals surface area contributed by atoms with Gasteiger partial charge in [-0.05, 0) is 31.5 Å². The molecule has 0 fully saturated rings. The van der Waals surface area contributed by atoms with Gasteiger partial charge in [-0.25, -0.2) is 0 Å². The molecule has 0 bridgehead atoms. The van der Waals surface area contributed by atoms with E-state index in [4.69, 9.17) is 5.11 Å². The van der Waals surface area contributed by atoms with Crippen LogP contribution >= 0.6 is 0 Å². The summed E-state index contributed by atoms with van der Waals surface area (Å²) in [5.74, 6) is -1.07. The van der Waals surface area contributed by atoms with Gasteiger partial charge in [-0.1, -0.05) is 0 Å². The first-order valence-corrected chi connectivity index (χ1v) is 6.02. The molecule has 2 rings (SSSR count). The summed E-state index contributed by atoms with van der Waals surface area (Å²) in [4.78, 5) is 22.4. The second kappa shape index (κ2) is 5.51. The SMILES string of the molecule is CC(CCC(=O)O)NC(=O)c1ccc2[nH]ncc2c1. The van der Waals surface area contributed by atoms with E-state index in [1.54, 1.807) is 31.3 Å². The molecule has 0 aliphatic carbocycles. The number of hydrogen-bond donors (Lipinski definition) is 3. The number of amides is 1. The summed E-state index contributed by atoms with van der Waals surface area (Å²) in [6, 6.07) is 5.07. The van der Waals surface area contributed by atoms with Crippen molar-refractivity contribution in [2.75, 3.05) is 0 Å². The van der Waals surface area contributed by atoms with Gasteiger partial charge in [0, 0.05) is 23.4 Å². The van der Waals surface area contributed by atoms with Gasteiger partial charge in [0.2, 0.25) is 0 Å². The molecular formula is C13H15N3O3. The largest absolute Gasteiger partial charge is 0.481 e. The molecule has 6 heteroatoms. The lowest BCUT2D eigenvalue weighted by Gasteiger charge is -2.12. The van der Waals surface area contributed by atoms with Crippen LogP contribution in [0.1, 0.15) is 30.1 Å². The van der Waals surface area contributed by atoms with Gasteiger partial charge >= 0.3 is 5.97 Å². The van der Waals surface area contributed by atoms with Crippen LogP contribution in [0.4, 0.5) is 0 Å². The van der Waals surface area contributed by atoms with Crippen molar-refractivity contribution in [1.29, 1.82) is 0 Å².